The summed E-state index contributed by atoms with van der Waals surface area (Å²) < 4.78 is 26.8. The number of carboxylic acid groups (broad SMARTS) is 1. The van der Waals surface area contributed by atoms with Crippen molar-refractivity contribution in [2.75, 3.05) is 39.6 Å². The second-order valence-electron chi connectivity index (χ2n) is 9.84. The van der Waals surface area contributed by atoms with Crippen molar-refractivity contribution < 1.29 is 43.4 Å². The monoisotopic (exact) mass is 571 g/mol. The fourth-order valence-electron chi connectivity index (χ4n) is 3.70. The van der Waals surface area contributed by atoms with Crippen LogP contribution in [-0.4, -0.2) is 71.7 Å². The Balaban J connectivity index is 0. The van der Waals surface area contributed by atoms with Gasteiger partial charge in [-0.3, -0.25) is 9.32 Å². The second-order valence-corrected chi connectivity index (χ2v) is 11.1. The van der Waals surface area contributed by atoms with E-state index in [1.165, 1.54) is 77.0 Å². The highest BCUT2D eigenvalue weighted by Gasteiger charge is 2.19. The molecule has 0 aliphatic rings. The molecule has 0 saturated heterocycles. The summed E-state index contributed by atoms with van der Waals surface area (Å²) in [7, 11) is -4.58. The highest BCUT2D eigenvalue weighted by Crippen LogP contribution is 2.35. The molecule has 0 aliphatic carbocycles. The lowest BCUT2D eigenvalue weighted by atomic mass is 10.0. The number of phosphoric ester groups is 1. The normalized spacial score (nSPS) is 13.1. The Labute approximate surface area is 231 Å². The molecule has 10 nitrogen and oxygen atoms in total. The Bertz CT molecular complexity index is 547. The molecule has 6 N–H and O–H groups in total. The number of rotatable bonds is 27. The van der Waals surface area contributed by atoms with Crippen LogP contribution in [0.2, 0.25) is 0 Å². The summed E-state index contributed by atoms with van der Waals surface area (Å²) in [6.45, 7) is 5.14. The molecule has 0 aliphatic heterocycles. The lowest BCUT2D eigenvalue weighted by Crippen LogP contribution is -2.26. The lowest BCUT2D eigenvalue weighted by Gasteiger charge is -2.19. The van der Waals surface area contributed by atoms with Gasteiger partial charge in [0.2, 0.25) is 0 Å². The highest BCUT2D eigenvalue weighted by atomic mass is 31.2. The van der Waals surface area contributed by atoms with Gasteiger partial charge in [-0.1, -0.05) is 97.3 Å². The molecule has 11 heteroatoms. The Morgan fingerprint density at radius 1 is 0.816 bits per heavy atom. The van der Waals surface area contributed by atoms with Gasteiger partial charge in [-0.15, -0.1) is 0 Å². The number of aliphatic hydroxyl groups excluding tert-OH is 1. The fourth-order valence-corrected chi connectivity index (χ4v) is 4.06. The summed E-state index contributed by atoms with van der Waals surface area (Å²) in [5.74, 6) is -1.30. The molecule has 0 rings (SSSR count). The molecule has 0 amide bonds. The first-order valence-corrected chi connectivity index (χ1v) is 16.1. The molecule has 0 bridgehead atoms. The van der Waals surface area contributed by atoms with E-state index in [0.29, 0.717) is 26.0 Å². The number of ether oxygens (including phenoxy) is 2. The van der Waals surface area contributed by atoms with E-state index in [-0.39, 0.29) is 26.4 Å². The lowest BCUT2D eigenvalue weighted by molar-refractivity contribution is -0.141. The predicted molar refractivity (Wildman–Crippen MR) is 151 cm³/mol. The average Bonchev–Trinajstić information content (AvgIpc) is 2.88. The van der Waals surface area contributed by atoms with E-state index in [1.807, 2.05) is 0 Å². The topological polar surface area (TPSA) is 169 Å². The first-order chi connectivity index (χ1) is 18.2. The van der Waals surface area contributed by atoms with Gasteiger partial charge in [0.25, 0.3) is 0 Å². The molecule has 0 aromatic heterocycles. The summed E-state index contributed by atoms with van der Waals surface area (Å²) in [5, 5.41) is 16.7. The molecule has 0 aromatic carbocycles. The third-order valence-electron chi connectivity index (χ3n) is 6.06. The quantitative estimate of drug-likeness (QED) is 0.0634. The van der Waals surface area contributed by atoms with Crippen molar-refractivity contribution in [1.82, 2.24) is 0 Å². The number of aliphatic carboxylic acids is 1. The summed E-state index contributed by atoms with van der Waals surface area (Å²) >= 11 is 0. The molecule has 0 radical (unpaired) electrons. The molecule has 38 heavy (non-hydrogen) atoms. The molecular weight excluding hydrogens is 513 g/mol. The Hall–Kier alpha value is -0.580. The summed E-state index contributed by atoms with van der Waals surface area (Å²) in [4.78, 5) is 28.7. The number of carbonyl (C=O) groups is 1. The third kappa shape index (κ3) is 33.4. The number of hydrogen-bond donors (Lipinski definition) is 5. The third-order valence-corrected chi connectivity index (χ3v) is 6.55. The van der Waals surface area contributed by atoms with Crippen LogP contribution in [0.1, 0.15) is 117 Å². The molecule has 2 atom stereocenters. The highest BCUT2D eigenvalue weighted by molar-refractivity contribution is 7.46. The van der Waals surface area contributed by atoms with E-state index in [1.54, 1.807) is 6.92 Å². The largest absolute Gasteiger partial charge is 0.481 e. The predicted octanol–water partition coefficient (Wildman–Crippen LogP) is 5.42. The van der Waals surface area contributed by atoms with Gasteiger partial charge >= 0.3 is 13.8 Å². The van der Waals surface area contributed by atoms with E-state index in [4.69, 9.17) is 35.2 Å². The van der Waals surface area contributed by atoms with Crippen LogP contribution in [0.4, 0.5) is 0 Å². The fraction of sp³-hybridized carbons (Fsp3) is 0.963. The van der Waals surface area contributed by atoms with Gasteiger partial charge in [0.05, 0.1) is 25.7 Å². The van der Waals surface area contributed by atoms with Gasteiger partial charge in [-0.2, -0.15) is 0 Å². The van der Waals surface area contributed by atoms with Crippen LogP contribution in [0, 0.1) is 5.92 Å². The maximum absolute atomic E-state index is 11.0. The van der Waals surface area contributed by atoms with E-state index < -0.39 is 25.8 Å². The SMILES string of the molecule is CCCCCCCCCCCCCCCCOCC(COP(=O)(O)O)OCCCC(C)C(=O)O.NCCO. The van der Waals surface area contributed by atoms with E-state index >= 15 is 0 Å². The maximum atomic E-state index is 11.0. The van der Waals surface area contributed by atoms with Gasteiger partial charge in [0.1, 0.15) is 6.10 Å². The van der Waals surface area contributed by atoms with Crippen molar-refractivity contribution in [3.8, 4) is 0 Å². The zero-order valence-electron chi connectivity index (χ0n) is 24.1. The minimum Gasteiger partial charge on any atom is -0.481 e. The molecule has 0 fully saturated rings. The minimum atomic E-state index is -4.58. The van der Waals surface area contributed by atoms with Crippen LogP contribution in [0.15, 0.2) is 0 Å². The van der Waals surface area contributed by atoms with Crippen LogP contribution in [0.25, 0.3) is 0 Å². The van der Waals surface area contributed by atoms with Crippen LogP contribution in [-0.2, 0) is 23.4 Å². The Kier molecular flexibility index (Phi) is 30.6. The van der Waals surface area contributed by atoms with E-state index in [2.05, 4.69) is 11.4 Å². The minimum absolute atomic E-state index is 0.0972. The first-order valence-electron chi connectivity index (χ1n) is 14.6. The number of hydrogen-bond acceptors (Lipinski definition) is 7. The summed E-state index contributed by atoms with van der Waals surface area (Å²) in [6.07, 6.45) is 18.5. The molecule has 0 heterocycles. The van der Waals surface area contributed by atoms with Gasteiger partial charge in [-0.05, 0) is 19.3 Å². The number of unbranched alkanes of at least 4 members (excludes halogenated alkanes) is 13. The molecular formula is C27H58NO9P. The van der Waals surface area contributed by atoms with Crippen molar-refractivity contribution in [3.05, 3.63) is 0 Å². The van der Waals surface area contributed by atoms with Crippen molar-refractivity contribution in [2.24, 2.45) is 11.7 Å². The molecule has 230 valence electrons. The smallest absolute Gasteiger partial charge is 0.469 e. The van der Waals surface area contributed by atoms with E-state index in [9.17, 15) is 9.36 Å². The zero-order valence-corrected chi connectivity index (χ0v) is 25.0. The maximum Gasteiger partial charge on any atom is 0.469 e. The van der Waals surface area contributed by atoms with Crippen LogP contribution in [0.3, 0.4) is 0 Å². The van der Waals surface area contributed by atoms with Crippen LogP contribution >= 0.6 is 7.82 Å². The second kappa shape index (κ2) is 29.4. The number of carboxylic acids is 1. The first kappa shape index (κ1) is 39.6. The number of nitrogens with two attached hydrogens (primary N) is 1. The van der Waals surface area contributed by atoms with Crippen molar-refractivity contribution in [1.29, 1.82) is 0 Å². The summed E-state index contributed by atoms with van der Waals surface area (Å²) in [5.41, 5.74) is 4.78. The number of phosphoric acid groups is 1. The van der Waals surface area contributed by atoms with Gasteiger partial charge in [0, 0.05) is 19.8 Å². The van der Waals surface area contributed by atoms with Gasteiger partial charge < -0.3 is 35.2 Å². The average molecular weight is 572 g/mol. The van der Waals surface area contributed by atoms with E-state index in [0.717, 1.165) is 12.8 Å². The van der Waals surface area contributed by atoms with Crippen LogP contribution in [0.5, 0.6) is 0 Å². The van der Waals surface area contributed by atoms with Gasteiger partial charge in [0.15, 0.2) is 0 Å². The molecule has 0 aromatic rings. The van der Waals surface area contributed by atoms with Crippen molar-refractivity contribution in [2.45, 2.75) is 123 Å². The summed E-state index contributed by atoms with van der Waals surface area (Å²) in [6, 6.07) is 0. The zero-order chi connectivity index (χ0) is 28.9. The molecule has 0 spiro atoms. The van der Waals surface area contributed by atoms with Crippen molar-refractivity contribution in [3.63, 3.8) is 0 Å². The van der Waals surface area contributed by atoms with Gasteiger partial charge in [-0.25, -0.2) is 4.57 Å². The molecule has 0 saturated carbocycles. The Morgan fingerprint density at radius 2 is 1.29 bits per heavy atom. The molecule has 2 unspecified atom stereocenters. The number of aliphatic hydroxyl groups is 1. The van der Waals surface area contributed by atoms with Crippen LogP contribution < -0.4 is 5.73 Å². The van der Waals surface area contributed by atoms with Crippen molar-refractivity contribution >= 4 is 13.8 Å². The Morgan fingerprint density at radius 3 is 1.71 bits per heavy atom. The standard InChI is InChI=1S/C25H51O8P.C2H7NO/c1-3-4-5-6-7-8-9-10-11-12-13-14-15-16-19-31-21-24(22-33-34(28,29)30)32-20-17-18-23(2)25(26)27;3-1-2-4/h23-24H,3-22H2,1-2H3,(H,26,27)(H2,28,29,30);4H,1-3H2.